The van der Waals surface area contributed by atoms with E-state index in [1.54, 1.807) is 24.3 Å². The number of aromatic hydroxyl groups is 2. The van der Waals surface area contributed by atoms with E-state index in [0.29, 0.717) is 0 Å². The van der Waals surface area contributed by atoms with Gasteiger partial charge in [0.25, 0.3) is 0 Å². The highest BCUT2D eigenvalue weighted by molar-refractivity contribution is 5.90. The largest absolute Gasteiger partial charge is 0.508 e. The van der Waals surface area contributed by atoms with E-state index in [-0.39, 0.29) is 11.5 Å². The average Bonchev–Trinajstić information content (AvgIpc) is 3.10. The summed E-state index contributed by atoms with van der Waals surface area (Å²) in [6.45, 7) is 0. The summed E-state index contributed by atoms with van der Waals surface area (Å²) >= 11 is 0. The third-order valence-electron chi connectivity index (χ3n) is 7.99. The SMILES string of the molecule is Oc1cccc(N(c2cccc(O)c2)c2ccc(-c3ccc(N(c4ccccc4)c4ccccc4)cc3)c(-c3ccccc3)c2)c1. The first-order valence-corrected chi connectivity index (χ1v) is 15.2. The molecule has 0 aliphatic carbocycles. The van der Waals surface area contributed by atoms with Crippen molar-refractivity contribution in [1.29, 1.82) is 0 Å². The number of hydrogen-bond acceptors (Lipinski definition) is 4. The quantitative estimate of drug-likeness (QED) is 0.183. The van der Waals surface area contributed by atoms with Crippen LogP contribution in [0.25, 0.3) is 22.3 Å². The minimum Gasteiger partial charge on any atom is -0.508 e. The van der Waals surface area contributed by atoms with Gasteiger partial charge in [0.2, 0.25) is 0 Å². The molecular formula is C42H32N2O2. The van der Waals surface area contributed by atoms with Crippen LogP contribution >= 0.6 is 0 Å². The lowest BCUT2D eigenvalue weighted by molar-refractivity contribution is 0.475. The second-order valence-corrected chi connectivity index (χ2v) is 11.0. The van der Waals surface area contributed by atoms with Crippen LogP contribution < -0.4 is 9.80 Å². The number of anilines is 6. The molecule has 0 aliphatic heterocycles. The first-order chi connectivity index (χ1) is 22.6. The molecule has 0 saturated heterocycles. The zero-order chi connectivity index (χ0) is 31.3. The molecule has 7 aromatic carbocycles. The third kappa shape index (κ3) is 5.92. The molecule has 0 amide bonds. The van der Waals surface area contributed by atoms with Gasteiger partial charge in [-0.05, 0) is 95.1 Å². The van der Waals surface area contributed by atoms with Crippen molar-refractivity contribution in [3.05, 3.63) is 182 Å². The topological polar surface area (TPSA) is 46.9 Å². The van der Waals surface area contributed by atoms with E-state index < -0.39 is 0 Å². The van der Waals surface area contributed by atoms with Crippen LogP contribution in [-0.2, 0) is 0 Å². The van der Waals surface area contributed by atoms with Gasteiger partial charge in [0.15, 0.2) is 0 Å². The Bertz CT molecular complexity index is 1980. The van der Waals surface area contributed by atoms with Gasteiger partial charge in [-0.1, -0.05) is 97.1 Å². The van der Waals surface area contributed by atoms with Crippen molar-refractivity contribution in [1.82, 2.24) is 0 Å². The highest BCUT2D eigenvalue weighted by Gasteiger charge is 2.18. The molecule has 0 radical (unpaired) electrons. The van der Waals surface area contributed by atoms with E-state index in [0.717, 1.165) is 56.4 Å². The molecule has 0 bridgehead atoms. The van der Waals surface area contributed by atoms with E-state index in [4.69, 9.17) is 0 Å². The van der Waals surface area contributed by atoms with Gasteiger partial charge in [0, 0.05) is 46.3 Å². The number of para-hydroxylation sites is 2. The van der Waals surface area contributed by atoms with E-state index in [2.05, 4.69) is 120 Å². The molecule has 0 spiro atoms. The summed E-state index contributed by atoms with van der Waals surface area (Å²) in [4.78, 5) is 4.30. The maximum absolute atomic E-state index is 10.4. The second-order valence-electron chi connectivity index (χ2n) is 11.0. The Morgan fingerprint density at radius 1 is 0.283 bits per heavy atom. The summed E-state index contributed by atoms with van der Waals surface area (Å²) in [6.07, 6.45) is 0. The lowest BCUT2D eigenvalue weighted by Crippen LogP contribution is -2.10. The molecule has 2 N–H and O–H groups in total. The molecule has 0 saturated carbocycles. The Morgan fingerprint density at radius 3 is 1.20 bits per heavy atom. The molecule has 7 aromatic rings. The predicted molar refractivity (Wildman–Crippen MR) is 190 cm³/mol. The molecule has 7 rings (SSSR count). The van der Waals surface area contributed by atoms with Crippen LogP contribution in [0.15, 0.2) is 182 Å². The van der Waals surface area contributed by atoms with Gasteiger partial charge in [0.05, 0.1) is 0 Å². The first kappa shape index (κ1) is 28.5. The van der Waals surface area contributed by atoms with E-state index in [9.17, 15) is 10.2 Å². The Hall–Kier alpha value is -6.26. The average molecular weight is 597 g/mol. The third-order valence-corrected chi connectivity index (χ3v) is 7.99. The van der Waals surface area contributed by atoms with Crippen LogP contribution in [0.4, 0.5) is 34.1 Å². The van der Waals surface area contributed by atoms with Gasteiger partial charge >= 0.3 is 0 Å². The maximum atomic E-state index is 10.4. The summed E-state index contributed by atoms with van der Waals surface area (Å²) in [5.41, 5.74) is 10.1. The van der Waals surface area contributed by atoms with Crippen LogP contribution in [0.5, 0.6) is 11.5 Å². The summed E-state index contributed by atoms with van der Waals surface area (Å²) in [7, 11) is 0. The fraction of sp³-hybridized carbons (Fsp3) is 0. The highest BCUT2D eigenvalue weighted by atomic mass is 16.3. The van der Waals surface area contributed by atoms with Gasteiger partial charge < -0.3 is 20.0 Å². The normalized spacial score (nSPS) is 10.8. The van der Waals surface area contributed by atoms with Crippen molar-refractivity contribution in [3.63, 3.8) is 0 Å². The smallest absolute Gasteiger partial charge is 0.117 e. The molecule has 0 atom stereocenters. The second kappa shape index (κ2) is 12.8. The summed E-state index contributed by atoms with van der Waals surface area (Å²) in [5, 5.41) is 20.7. The van der Waals surface area contributed by atoms with Crippen LogP contribution in [0.3, 0.4) is 0 Å². The van der Waals surface area contributed by atoms with Gasteiger partial charge in [0.1, 0.15) is 11.5 Å². The minimum atomic E-state index is 0.169. The number of nitrogens with zero attached hydrogens (tertiary/aromatic N) is 2. The standard InChI is InChI=1S/C42H32N2O2/c45-39-20-10-18-36(28-39)44(37-19-11-21-40(46)29-37)38-26-27-41(42(30-38)31-12-4-1-5-13-31)32-22-24-35(25-23-32)43(33-14-6-2-7-15-33)34-16-8-3-9-17-34/h1-30,45-46H. The molecule has 4 heteroatoms. The fourth-order valence-corrected chi connectivity index (χ4v) is 5.88. The minimum absolute atomic E-state index is 0.169. The van der Waals surface area contributed by atoms with Crippen LogP contribution in [0.2, 0.25) is 0 Å². The number of phenols is 2. The van der Waals surface area contributed by atoms with E-state index in [1.807, 2.05) is 47.4 Å². The molecule has 0 heterocycles. The molecule has 0 aliphatic rings. The number of phenolic OH excluding ortho intramolecular Hbond substituents is 2. The summed E-state index contributed by atoms with van der Waals surface area (Å²) in [5.74, 6) is 0.338. The number of benzene rings is 7. The summed E-state index contributed by atoms with van der Waals surface area (Å²) < 4.78 is 0. The maximum Gasteiger partial charge on any atom is 0.117 e. The zero-order valence-corrected chi connectivity index (χ0v) is 25.1. The molecule has 0 unspecified atom stereocenters. The van der Waals surface area contributed by atoms with Crippen molar-refractivity contribution >= 4 is 34.1 Å². The van der Waals surface area contributed by atoms with Crippen molar-refractivity contribution in [2.75, 3.05) is 9.80 Å². The van der Waals surface area contributed by atoms with Gasteiger partial charge in [-0.15, -0.1) is 0 Å². The monoisotopic (exact) mass is 596 g/mol. The lowest BCUT2D eigenvalue weighted by Gasteiger charge is -2.27. The molecular weight excluding hydrogens is 564 g/mol. The van der Waals surface area contributed by atoms with E-state index in [1.165, 1.54) is 0 Å². The number of hydrogen-bond donors (Lipinski definition) is 2. The van der Waals surface area contributed by atoms with Crippen molar-refractivity contribution in [3.8, 4) is 33.8 Å². The molecule has 222 valence electrons. The van der Waals surface area contributed by atoms with E-state index >= 15 is 0 Å². The van der Waals surface area contributed by atoms with Crippen LogP contribution in [0.1, 0.15) is 0 Å². The van der Waals surface area contributed by atoms with Crippen molar-refractivity contribution in [2.24, 2.45) is 0 Å². The van der Waals surface area contributed by atoms with Crippen LogP contribution in [-0.4, -0.2) is 10.2 Å². The first-order valence-electron chi connectivity index (χ1n) is 15.2. The Morgan fingerprint density at radius 2 is 0.674 bits per heavy atom. The Balaban J connectivity index is 1.34. The molecule has 0 fully saturated rings. The number of rotatable bonds is 8. The molecule has 4 nitrogen and oxygen atoms in total. The predicted octanol–water partition coefficient (Wildman–Crippen LogP) is 11.4. The van der Waals surface area contributed by atoms with Crippen molar-refractivity contribution < 1.29 is 10.2 Å². The van der Waals surface area contributed by atoms with Gasteiger partial charge in [-0.2, -0.15) is 0 Å². The Kier molecular flexibility index (Phi) is 7.91. The molecule has 46 heavy (non-hydrogen) atoms. The fourth-order valence-electron chi connectivity index (χ4n) is 5.88. The zero-order valence-electron chi connectivity index (χ0n) is 25.1. The Labute approximate surface area is 269 Å². The highest BCUT2D eigenvalue weighted by Crippen LogP contribution is 2.42. The van der Waals surface area contributed by atoms with Crippen LogP contribution in [0, 0.1) is 0 Å². The van der Waals surface area contributed by atoms with Gasteiger partial charge in [-0.3, -0.25) is 0 Å². The van der Waals surface area contributed by atoms with Gasteiger partial charge in [-0.25, -0.2) is 0 Å². The molecule has 0 aromatic heterocycles. The summed E-state index contributed by atoms with van der Waals surface area (Å²) in [6, 6.07) is 60.6. The lowest BCUT2D eigenvalue weighted by atomic mass is 9.93. The van der Waals surface area contributed by atoms with Crippen molar-refractivity contribution in [2.45, 2.75) is 0 Å².